The first-order valence-electron chi connectivity index (χ1n) is 17.5. The van der Waals surface area contributed by atoms with Crippen LogP contribution in [-0.4, -0.2) is 0 Å². The fourth-order valence-electron chi connectivity index (χ4n) is 8.96. The van der Waals surface area contributed by atoms with Gasteiger partial charge in [-0.2, -0.15) is 0 Å². The molecule has 0 N–H and O–H groups in total. The summed E-state index contributed by atoms with van der Waals surface area (Å²) < 4.78 is 0. The van der Waals surface area contributed by atoms with Gasteiger partial charge in [0.1, 0.15) is 0 Å². The maximum Gasteiger partial charge on any atom is 0.0121 e. The van der Waals surface area contributed by atoms with Gasteiger partial charge in [0.2, 0.25) is 0 Å². The van der Waals surface area contributed by atoms with Crippen LogP contribution in [0.25, 0.3) is 70.9 Å². The Morgan fingerprint density at radius 2 is 1.15 bits per heavy atom. The fraction of sp³-hybridized carbons (Fsp3) is 0.234. The van der Waals surface area contributed by atoms with Gasteiger partial charge in [0.05, 0.1) is 0 Å². The third-order valence-electron chi connectivity index (χ3n) is 11.5. The van der Waals surface area contributed by atoms with Gasteiger partial charge >= 0.3 is 0 Å². The van der Waals surface area contributed by atoms with E-state index in [9.17, 15) is 0 Å². The molecule has 0 bridgehead atoms. The molecule has 0 saturated heterocycles. The van der Waals surface area contributed by atoms with Crippen molar-refractivity contribution in [2.45, 2.75) is 71.6 Å². The van der Waals surface area contributed by atoms with E-state index in [1.807, 2.05) is 0 Å². The monoisotopic (exact) mass is 606 g/mol. The summed E-state index contributed by atoms with van der Waals surface area (Å²) in [4.78, 5) is 0. The van der Waals surface area contributed by atoms with Crippen LogP contribution in [0.3, 0.4) is 0 Å². The van der Waals surface area contributed by atoms with E-state index in [-0.39, 0.29) is 5.41 Å². The lowest BCUT2D eigenvalue weighted by Gasteiger charge is -2.26. The summed E-state index contributed by atoms with van der Waals surface area (Å²) in [5.74, 6) is 0.913. The average Bonchev–Trinajstić information content (AvgIpc) is 3.31. The Bertz CT molecular complexity index is 2480. The Labute approximate surface area is 278 Å². The van der Waals surface area contributed by atoms with Crippen LogP contribution in [0.4, 0.5) is 0 Å². The zero-order chi connectivity index (χ0) is 32.2. The fourth-order valence-corrected chi connectivity index (χ4v) is 8.96. The number of benzene rings is 7. The minimum Gasteiger partial charge on any atom is -0.0836 e. The molecule has 230 valence electrons. The number of hydrogen-bond acceptors (Lipinski definition) is 0. The molecule has 0 saturated carbocycles. The second-order valence-electron chi connectivity index (χ2n) is 15.2. The maximum absolute atomic E-state index is 2.47. The van der Waals surface area contributed by atoms with Gasteiger partial charge in [-0.25, -0.2) is 0 Å². The highest BCUT2D eigenvalue weighted by Gasteiger charge is 2.37. The summed E-state index contributed by atoms with van der Waals surface area (Å²) in [6.07, 6.45) is 7.02. The van der Waals surface area contributed by atoms with Crippen LogP contribution in [0, 0.1) is 0 Å². The molecular weight excluding hydrogens is 565 g/mol. The van der Waals surface area contributed by atoms with Gasteiger partial charge in [-0.15, -0.1) is 0 Å². The summed E-state index contributed by atoms with van der Waals surface area (Å²) >= 11 is 0. The van der Waals surface area contributed by atoms with Gasteiger partial charge < -0.3 is 0 Å². The summed E-state index contributed by atoms with van der Waals surface area (Å²) in [6.45, 7) is 14.1. The first-order chi connectivity index (χ1) is 22.7. The van der Waals surface area contributed by atoms with Gasteiger partial charge in [-0.05, 0) is 142 Å². The van der Waals surface area contributed by atoms with Gasteiger partial charge in [-0.3, -0.25) is 0 Å². The molecule has 47 heavy (non-hydrogen) atoms. The molecule has 9 rings (SSSR count). The normalized spacial score (nSPS) is 15.7. The van der Waals surface area contributed by atoms with Crippen LogP contribution >= 0.6 is 0 Å². The van der Waals surface area contributed by atoms with Gasteiger partial charge in [-0.1, -0.05) is 132 Å². The summed E-state index contributed by atoms with van der Waals surface area (Å²) in [6, 6.07) is 37.9. The molecule has 0 aliphatic heterocycles. The van der Waals surface area contributed by atoms with Crippen molar-refractivity contribution in [3.63, 3.8) is 0 Å². The smallest absolute Gasteiger partial charge is 0.0121 e. The van der Waals surface area contributed by atoms with Gasteiger partial charge in [0.25, 0.3) is 0 Å². The molecule has 0 unspecified atom stereocenters. The average molecular weight is 607 g/mol. The Kier molecular flexibility index (Phi) is 6.17. The predicted molar refractivity (Wildman–Crippen MR) is 205 cm³/mol. The number of rotatable bonds is 4. The molecule has 7 aromatic carbocycles. The SMILES string of the molecule is CC(C)c1ccc2ccc3c(C(C)C)cc(-c4ccc5cc(-c6ccc7c(c6)C(C)(C)C6=C7C=CCC6)ccc5c4)c4ccc1c2c43. The number of hydrogen-bond donors (Lipinski definition) is 0. The van der Waals surface area contributed by atoms with Crippen molar-refractivity contribution in [2.24, 2.45) is 0 Å². The Balaban J connectivity index is 1.18. The first-order valence-corrected chi connectivity index (χ1v) is 17.5. The Morgan fingerprint density at radius 1 is 0.532 bits per heavy atom. The van der Waals surface area contributed by atoms with E-state index in [1.54, 1.807) is 5.57 Å². The third-order valence-corrected chi connectivity index (χ3v) is 11.5. The summed E-state index contributed by atoms with van der Waals surface area (Å²) in [7, 11) is 0. The van der Waals surface area contributed by atoms with Crippen LogP contribution in [0.2, 0.25) is 0 Å². The minimum absolute atomic E-state index is 0.0864. The molecule has 0 radical (unpaired) electrons. The van der Waals surface area contributed by atoms with Crippen molar-refractivity contribution in [3.8, 4) is 22.3 Å². The zero-order valence-electron chi connectivity index (χ0n) is 28.5. The highest BCUT2D eigenvalue weighted by Crippen LogP contribution is 2.51. The lowest BCUT2D eigenvalue weighted by Crippen LogP contribution is -2.17. The molecule has 0 spiro atoms. The molecule has 2 aliphatic carbocycles. The molecule has 0 amide bonds. The second kappa shape index (κ2) is 10.2. The molecule has 7 aromatic rings. The molecule has 0 aromatic heterocycles. The van der Waals surface area contributed by atoms with Crippen molar-refractivity contribution in [3.05, 3.63) is 137 Å². The topological polar surface area (TPSA) is 0 Å². The second-order valence-corrected chi connectivity index (χ2v) is 15.2. The van der Waals surface area contributed by atoms with Crippen molar-refractivity contribution >= 4 is 48.7 Å². The van der Waals surface area contributed by atoms with Crippen molar-refractivity contribution in [1.82, 2.24) is 0 Å². The van der Waals surface area contributed by atoms with E-state index in [1.165, 1.54) is 99.6 Å². The Morgan fingerprint density at radius 3 is 1.94 bits per heavy atom. The van der Waals surface area contributed by atoms with Crippen LogP contribution in [-0.2, 0) is 5.41 Å². The van der Waals surface area contributed by atoms with Crippen LogP contribution < -0.4 is 0 Å². The van der Waals surface area contributed by atoms with E-state index in [0.717, 1.165) is 6.42 Å². The third kappa shape index (κ3) is 4.13. The maximum atomic E-state index is 2.47. The molecule has 0 heteroatoms. The summed E-state index contributed by atoms with van der Waals surface area (Å²) in [5.41, 5.74) is 14.1. The van der Waals surface area contributed by atoms with Gasteiger partial charge in [0, 0.05) is 5.41 Å². The lowest BCUT2D eigenvalue weighted by molar-refractivity contribution is 0.607. The highest BCUT2D eigenvalue weighted by atomic mass is 14.4. The van der Waals surface area contributed by atoms with Crippen molar-refractivity contribution in [2.75, 3.05) is 0 Å². The molecule has 2 aliphatic rings. The number of allylic oxidation sites excluding steroid dienone is 4. The molecule has 0 heterocycles. The minimum atomic E-state index is 0.0864. The Hall–Kier alpha value is -4.68. The van der Waals surface area contributed by atoms with E-state index in [0.29, 0.717) is 11.8 Å². The largest absolute Gasteiger partial charge is 0.0836 e. The quantitative estimate of drug-likeness (QED) is 0.175. The lowest BCUT2D eigenvalue weighted by atomic mass is 9.78. The molecular formula is C47H42. The van der Waals surface area contributed by atoms with E-state index < -0.39 is 0 Å². The standard InChI is InChI=1S/C47H42/c1-27(2)35-18-15-29-16-20-39-41(28(3)4)26-42(40-22-21-38(35)45(29)46(39)40)34-14-13-30-23-31(11-12-32(30)24-34)33-17-19-37-36-9-7-8-10-43(36)47(5,6)44(37)25-33/h7,9,11-28H,8,10H2,1-6H3. The van der Waals surface area contributed by atoms with Crippen LogP contribution in [0.5, 0.6) is 0 Å². The van der Waals surface area contributed by atoms with Crippen molar-refractivity contribution < 1.29 is 0 Å². The molecule has 0 atom stereocenters. The molecule has 0 nitrogen and oxygen atoms in total. The van der Waals surface area contributed by atoms with Gasteiger partial charge in [0.15, 0.2) is 0 Å². The highest BCUT2D eigenvalue weighted by molar-refractivity contribution is 6.27. The predicted octanol–water partition coefficient (Wildman–Crippen LogP) is 13.7. The zero-order valence-corrected chi connectivity index (χ0v) is 28.5. The molecule has 0 fully saturated rings. The summed E-state index contributed by atoms with van der Waals surface area (Å²) in [5, 5.41) is 10.9. The first kappa shape index (κ1) is 28.5. The van der Waals surface area contributed by atoms with Crippen molar-refractivity contribution in [1.29, 1.82) is 0 Å². The van der Waals surface area contributed by atoms with E-state index in [4.69, 9.17) is 0 Å². The van der Waals surface area contributed by atoms with Crippen LogP contribution in [0.15, 0.2) is 115 Å². The van der Waals surface area contributed by atoms with Crippen LogP contribution in [0.1, 0.15) is 88.5 Å². The number of fused-ring (bicyclic) bond motifs is 3. The van der Waals surface area contributed by atoms with E-state index in [2.05, 4.69) is 151 Å². The van der Waals surface area contributed by atoms with E-state index >= 15 is 0 Å².